The quantitative estimate of drug-likeness (QED) is 0.0510. The number of aromatic nitrogens is 2. The van der Waals surface area contributed by atoms with Crippen molar-refractivity contribution in [3.63, 3.8) is 0 Å². The smallest absolute Gasteiger partial charge is 0.330 e. The van der Waals surface area contributed by atoms with Gasteiger partial charge in [-0.2, -0.15) is 0 Å². The molecule has 0 N–H and O–H groups in total. The van der Waals surface area contributed by atoms with Crippen molar-refractivity contribution in [2.24, 2.45) is 0 Å². The lowest BCUT2D eigenvalue weighted by atomic mass is 10.0. The first-order valence-electron chi connectivity index (χ1n) is 16.3. The standard InChI is InChI=1S/C42H36N2O8/c1-5-37(45)49-23-7-9-39(47)51-35-19-15-31(16-20-35)11-13-33-25-29(3)41(43-27-33)42-30(4)26-34(28-44-42)14-12-32-17-21-36(22-18-32)52-40(48)10-8-24-50-38(46)6-2/h5-6,15-22,25-28H,1-2,7-10,23-24H2,3-4H3. The molecule has 0 aliphatic carbocycles. The van der Waals surface area contributed by atoms with Crippen molar-refractivity contribution in [2.45, 2.75) is 39.5 Å². The number of esters is 4. The fraction of sp³-hybridized carbons (Fsp3) is 0.190. The SMILES string of the molecule is C=CC(=O)OCCCC(=O)Oc1ccc(C#Cc2cnc(-c3ncc(C#Cc4ccc(OC(=O)CCCOC(=O)C=C)cc4)cc3C)c(C)c2)cc1. The van der Waals surface area contributed by atoms with E-state index in [-0.39, 0.29) is 26.1 Å². The molecule has 10 nitrogen and oxygen atoms in total. The molecule has 0 fully saturated rings. The lowest BCUT2D eigenvalue weighted by Gasteiger charge is -2.08. The maximum Gasteiger partial charge on any atom is 0.330 e. The van der Waals surface area contributed by atoms with Gasteiger partial charge >= 0.3 is 23.9 Å². The second-order valence-corrected chi connectivity index (χ2v) is 11.2. The molecule has 0 atom stereocenters. The number of pyridine rings is 2. The zero-order valence-corrected chi connectivity index (χ0v) is 28.9. The number of rotatable bonds is 13. The molecule has 4 rings (SSSR count). The summed E-state index contributed by atoms with van der Waals surface area (Å²) >= 11 is 0. The number of benzene rings is 2. The maximum absolute atomic E-state index is 12.0. The summed E-state index contributed by atoms with van der Waals surface area (Å²) in [6, 6.07) is 17.6. The summed E-state index contributed by atoms with van der Waals surface area (Å²) in [6.45, 7) is 10.8. The summed E-state index contributed by atoms with van der Waals surface area (Å²) in [6.07, 6.45) is 6.48. The second kappa shape index (κ2) is 19.4. The van der Waals surface area contributed by atoms with Crippen molar-refractivity contribution in [1.82, 2.24) is 9.97 Å². The molecule has 0 aliphatic rings. The number of ether oxygens (including phenoxy) is 4. The minimum atomic E-state index is -0.529. The van der Waals surface area contributed by atoms with E-state index in [1.165, 1.54) is 0 Å². The zero-order valence-electron chi connectivity index (χ0n) is 28.9. The van der Waals surface area contributed by atoms with Crippen LogP contribution < -0.4 is 9.47 Å². The van der Waals surface area contributed by atoms with E-state index in [4.69, 9.17) is 18.9 Å². The van der Waals surface area contributed by atoms with Crippen molar-refractivity contribution in [2.75, 3.05) is 13.2 Å². The van der Waals surface area contributed by atoms with Crippen molar-refractivity contribution in [3.05, 3.63) is 132 Å². The Kier molecular flexibility index (Phi) is 14.2. The van der Waals surface area contributed by atoms with Gasteiger partial charge in [0.25, 0.3) is 0 Å². The molecule has 0 aliphatic heterocycles. The predicted octanol–water partition coefficient (Wildman–Crippen LogP) is 6.39. The van der Waals surface area contributed by atoms with Gasteiger partial charge in [-0.15, -0.1) is 0 Å². The van der Waals surface area contributed by atoms with Gasteiger partial charge in [0.1, 0.15) is 11.5 Å². The van der Waals surface area contributed by atoms with Crippen LogP contribution >= 0.6 is 0 Å². The van der Waals surface area contributed by atoms with E-state index in [0.29, 0.717) is 24.3 Å². The Hall–Kier alpha value is -6.78. The molecule has 0 saturated carbocycles. The fourth-order valence-electron chi connectivity index (χ4n) is 4.54. The van der Waals surface area contributed by atoms with Crippen LogP contribution in [-0.2, 0) is 28.7 Å². The van der Waals surface area contributed by atoms with Crippen molar-refractivity contribution < 1.29 is 38.1 Å². The van der Waals surface area contributed by atoms with Gasteiger partial charge in [-0.3, -0.25) is 19.6 Å². The van der Waals surface area contributed by atoms with E-state index in [2.05, 4.69) is 46.8 Å². The lowest BCUT2D eigenvalue weighted by molar-refractivity contribution is -0.140. The van der Waals surface area contributed by atoms with Gasteiger partial charge in [0.15, 0.2) is 0 Å². The molecular formula is C42H36N2O8. The largest absolute Gasteiger partial charge is 0.463 e. The first-order valence-corrected chi connectivity index (χ1v) is 16.3. The van der Waals surface area contributed by atoms with Crippen LogP contribution in [-0.4, -0.2) is 47.1 Å². The van der Waals surface area contributed by atoms with E-state index >= 15 is 0 Å². The van der Waals surface area contributed by atoms with E-state index in [0.717, 1.165) is 56.9 Å². The molecule has 0 amide bonds. The monoisotopic (exact) mass is 696 g/mol. The maximum atomic E-state index is 12.0. The third-order valence-electron chi connectivity index (χ3n) is 7.13. The molecule has 52 heavy (non-hydrogen) atoms. The fourth-order valence-corrected chi connectivity index (χ4v) is 4.54. The summed E-state index contributed by atoms with van der Waals surface area (Å²) < 4.78 is 20.4. The van der Waals surface area contributed by atoms with Gasteiger partial charge in [-0.1, -0.05) is 36.8 Å². The summed E-state index contributed by atoms with van der Waals surface area (Å²) in [7, 11) is 0. The third-order valence-corrected chi connectivity index (χ3v) is 7.13. The van der Waals surface area contributed by atoms with Crippen LogP contribution in [0.25, 0.3) is 11.4 Å². The lowest BCUT2D eigenvalue weighted by Crippen LogP contribution is -2.10. The summed E-state index contributed by atoms with van der Waals surface area (Å²) in [5, 5.41) is 0. The molecule has 10 heteroatoms. The normalized spacial score (nSPS) is 9.96. The molecule has 2 aromatic carbocycles. The highest BCUT2D eigenvalue weighted by atomic mass is 16.5. The highest BCUT2D eigenvalue weighted by Gasteiger charge is 2.11. The van der Waals surface area contributed by atoms with Gasteiger partial charge in [-0.25, -0.2) is 9.59 Å². The zero-order chi connectivity index (χ0) is 37.3. The molecule has 0 saturated heterocycles. The Morgan fingerprint density at radius 2 is 0.962 bits per heavy atom. The molecule has 2 heterocycles. The van der Waals surface area contributed by atoms with Crippen molar-refractivity contribution >= 4 is 23.9 Å². The Balaban J connectivity index is 1.30. The average molecular weight is 697 g/mol. The molecule has 0 unspecified atom stereocenters. The van der Waals surface area contributed by atoms with Crippen LogP contribution in [0.5, 0.6) is 11.5 Å². The van der Waals surface area contributed by atoms with Crippen molar-refractivity contribution in [3.8, 4) is 46.6 Å². The number of carbonyl (C=O) groups is 4. The molecule has 262 valence electrons. The predicted molar refractivity (Wildman–Crippen MR) is 194 cm³/mol. The van der Waals surface area contributed by atoms with Crippen LogP contribution in [0.2, 0.25) is 0 Å². The highest BCUT2D eigenvalue weighted by Crippen LogP contribution is 2.24. The van der Waals surface area contributed by atoms with Crippen LogP contribution in [0.1, 0.15) is 59.1 Å². The number of hydrogen-bond donors (Lipinski definition) is 0. The Morgan fingerprint density at radius 3 is 1.31 bits per heavy atom. The van der Waals surface area contributed by atoms with Crippen LogP contribution in [0.4, 0.5) is 0 Å². The number of aryl methyl sites for hydroxylation is 2. The molecule has 0 bridgehead atoms. The van der Waals surface area contributed by atoms with Gasteiger partial charge in [0.05, 0.1) is 24.6 Å². The molecule has 0 spiro atoms. The second-order valence-electron chi connectivity index (χ2n) is 11.2. The first kappa shape index (κ1) is 38.0. The van der Waals surface area contributed by atoms with E-state index in [9.17, 15) is 19.2 Å². The highest BCUT2D eigenvalue weighted by molar-refractivity contribution is 5.81. The minimum Gasteiger partial charge on any atom is -0.463 e. The van der Waals surface area contributed by atoms with Crippen LogP contribution in [0, 0.1) is 37.5 Å². The molecule has 0 radical (unpaired) electrons. The first-order chi connectivity index (χ1) is 25.1. The van der Waals surface area contributed by atoms with Gasteiger partial charge < -0.3 is 18.9 Å². The average Bonchev–Trinajstić information content (AvgIpc) is 3.14. The van der Waals surface area contributed by atoms with E-state index < -0.39 is 23.9 Å². The summed E-state index contributed by atoms with van der Waals surface area (Å²) in [5.41, 5.74) is 6.28. The summed E-state index contributed by atoms with van der Waals surface area (Å²) in [5.74, 6) is 11.3. The van der Waals surface area contributed by atoms with Gasteiger partial charge in [-0.05, 0) is 98.5 Å². The van der Waals surface area contributed by atoms with Crippen molar-refractivity contribution in [1.29, 1.82) is 0 Å². The number of hydrogen-bond acceptors (Lipinski definition) is 10. The topological polar surface area (TPSA) is 131 Å². The Bertz CT molecular complexity index is 1930. The molecule has 4 aromatic rings. The Labute approximate surface area is 302 Å². The molecular weight excluding hydrogens is 660 g/mol. The van der Waals surface area contributed by atoms with E-state index in [1.807, 2.05) is 26.0 Å². The van der Waals surface area contributed by atoms with Gasteiger partial charge in [0.2, 0.25) is 0 Å². The van der Waals surface area contributed by atoms with E-state index in [1.54, 1.807) is 60.9 Å². The van der Waals surface area contributed by atoms with Crippen LogP contribution in [0.3, 0.4) is 0 Å². The third kappa shape index (κ3) is 12.3. The minimum absolute atomic E-state index is 0.113. The molecule has 2 aromatic heterocycles. The summed E-state index contributed by atoms with van der Waals surface area (Å²) in [4.78, 5) is 55.5. The number of carbonyl (C=O) groups excluding carboxylic acids is 4. The van der Waals surface area contributed by atoms with Crippen LogP contribution in [0.15, 0.2) is 98.4 Å². The van der Waals surface area contributed by atoms with Gasteiger partial charge in [0, 0.05) is 59.6 Å². The Morgan fingerprint density at radius 1 is 0.596 bits per heavy atom. The number of nitrogens with zero attached hydrogens (tertiary/aromatic N) is 2.